The number of pyridine rings is 1. The third kappa shape index (κ3) is 1.50. The molecule has 1 heterocycles. The number of rotatable bonds is 1. The number of halogens is 1. The second-order valence-corrected chi connectivity index (χ2v) is 1.99. The summed E-state index contributed by atoms with van der Waals surface area (Å²) in [7, 11) is 1.12. The highest BCUT2D eigenvalue weighted by molar-refractivity contribution is 5.89. The maximum Gasteiger partial charge on any atom is 0.360 e. The molecule has 0 aliphatic heterocycles. The molecule has 12 heavy (non-hydrogen) atoms. The smallest absolute Gasteiger partial charge is 0.360 e. The molecule has 1 aromatic rings. The largest absolute Gasteiger partial charge is 0.505 e. The van der Waals surface area contributed by atoms with E-state index in [-0.39, 0.29) is 0 Å². The maximum atomic E-state index is 12.4. The Morgan fingerprint density at radius 2 is 2.33 bits per heavy atom. The lowest BCUT2D eigenvalue weighted by molar-refractivity contribution is 0.0589. The Morgan fingerprint density at radius 1 is 1.67 bits per heavy atom. The van der Waals surface area contributed by atoms with Crippen LogP contribution in [0.3, 0.4) is 0 Å². The molecular weight excluding hydrogens is 165 g/mol. The molecule has 0 aliphatic carbocycles. The first kappa shape index (κ1) is 8.45. The van der Waals surface area contributed by atoms with E-state index in [9.17, 15) is 9.18 Å². The van der Waals surface area contributed by atoms with Gasteiger partial charge in [-0.25, -0.2) is 9.78 Å². The zero-order valence-corrected chi connectivity index (χ0v) is 6.24. The molecule has 1 aromatic heterocycles. The average Bonchev–Trinajstić information content (AvgIpc) is 2.08. The third-order valence-electron chi connectivity index (χ3n) is 1.22. The van der Waals surface area contributed by atoms with Crippen LogP contribution in [0, 0.1) is 5.95 Å². The lowest BCUT2D eigenvalue weighted by Gasteiger charge is -1.99. The van der Waals surface area contributed by atoms with Crippen LogP contribution in [0.2, 0.25) is 0 Å². The number of ether oxygens (including phenoxy) is 1. The average molecular weight is 171 g/mol. The van der Waals surface area contributed by atoms with Crippen LogP contribution in [0.4, 0.5) is 4.39 Å². The number of hydrogen-bond acceptors (Lipinski definition) is 4. The Bertz CT molecular complexity index is 314. The Labute approximate surface area is 67.6 Å². The Hall–Kier alpha value is -1.65. The number of methoxy groups -OCH3 is 1. The predicted octanol–water partition coefficient (Wildman–Crippen LogP) is 0.713. The van der Waals surface area contributed by atoms with E-state index in [0.29, 0.717) is 0 Å². The summed E-state index contributed by atoms with van der Waals surface area (Å²) in [6, 6.07) is 1.98. The van der Waals surface area contributed by atoms with E-state index in [2.05, 4.69) is 9.72 Å². The minimum atomic E-state index is -0.869. The van der Waals surface area contributed by atoms with Crippen LogP contribution in [0.5, 0.6) is 5.75 Å². The van der Waals surface area contributed by atoms with E-state index < -0.39 is 23.4 Å². The number of hydrogen-bond donors (Lipinski definition) is 1. The van der Waals surface area contributed by atoms with Gasteiger partial charge in [0, 0.05) is 0 Å². The molecule has 1 N–H and O–H groups in total. The zero-order chi connectivity index (χ0) is 9.14. The second-order valence-electron chi connectivity index (χ2n) is 1.99. The van der Waals surface area contributed by atoms with Crippen LogP contribution in [0.15, 0.2) is 12.1 Å². The highest BCUT2D eigenvalue weighted by Crippen LogP contribution is 2.14. The molecule has 0 aromatic carbocycles. The van der Waals surface area contributed by atoms with Gasteiger partial charge in [-0.15, -0.1) is 0 Å². The molecule has 1 rings (SSSR count). The van der Waals surface area contributed by atoms with Crippen molar-refractivity contribution >= 4 is 5.97 Å². The lowest BCUT2D eigenvalue weighted by Crippen LogP contribution is -2.05. The molecule has 0 saturated carbocycles. The highest BCUT2D eigenvalue weighted by Gasteiger charge is 2.13. The summed E-state index contributed by atoms with van der Waals surface area (Å²) in [5.74, 6) is -2.11. The minimum absolute atomic E-state index is 0.400. The van der Waals surface area contributed by atoms with E-state index in [1.807, 2.05) is 0 Å². The minimum Gasteiger partial charge on any atom is -0.505 e. The Morgan fingerprint density at radius 3 is 2.92 bits per heavy atom. The first-order valence-corrected chi connectivity index (χ1v) is 3.09. The molecule has 0 unspecified atom stereocenters. The summed E-state index contributed by atoms with van der Waals surface area (Å²) >= 11 is 0. The van der Waals surface area contributed by atoms with Gasteiger partial charge in [0.15, 0.2) is 5.69 Å². The van der Waals surface area contributed by atoms with Gasteiger partial charge in [0.1, 0.15) is 5.75 Å². The van der Waals surface area contributed by atoms with Crippen molar-refractivity contribution in [3.8, 4) is 5.75 Å². The Balaban J connectivity index is 3.13. The van der Waals surface area contributed by atoms with Gasteiger partial charge in [0.2, 0.25) is 5.95 Å². The van der Waals surface area contributed by atoms with Gasteiger partial charge in [0.25, 0.3) is 0 Å². The van der Waals surface area contributed by atoms with E-state index in [1.54, 1.807) is 0 Å². The molecule has 0 aliphatic rings. The monoisotopic (exact) mass is 171 g/mol. The summed E-state index contributed by atoms with van der Waals surface area (Å²) in [5.41, 5.74) is -0.419. The van der Waals surface area contributed by atoms with E-state index in [0.717, 1.165) is 19.2 Å². The summed E-state index contributed by atoms with van der Waals surface area (Å²) in [5, 5.41) is 9.01. The number of aromatic nitrogens is 1. The predicted molar refractivity (Wildman–Crippen MR) is 37.2 cm³/mol. The second kappa shape index (κ2) is 3.17. The molecule has 64 valence electrons. The van der Waals surface area contributed by atoms with Gasteiger partial charge in [-0.1, -0.05) is 0 Å². The number of aromatic hydroxyl groups is 1. The van der Waals surface area contributed by atoms with Crippen molar-refractivity contribution in [2.45, 2.75) is 0 Å². The molecule has 5 heteroatoms. The zero-order valence-electron chi connectivity index (χ0n) is 6.24. The summed E-state index contributed by atoms with van der Waals surface area (Å²) in [6.07, 6.45) is 0. The van der Waals surface area contributed by atoms with Gasteiger partial charge < -0.3 is 9.84 Å². The van der Waals surface area contributed by atoms with Crippen molar-refractivity contribution < 1.29 is 19.0 Å². The molecule has 0 bridgehead atoms. The fourth-order valence-corrected chi connectivity index (χ4v) is 0.675. The van der Waals surface area contributed by atoms with Crippen LogP contribution in [0.1, 0.15) is 10.5 Å². The van der Waals surface area contributed by atoms with Gasteiger partial charge >= 0.3 is 5.97 Å². The van der Waals surface area contributed by atoms with Crippen molar-refractivity contribution in [2.24, 2.45) is 0 Å². The maximum absolute atomic E-state index is 12.4. The molecule has 0 atom stereocenters. The molecule has 4 nitrogen and oxygen atoms in total. The van der Waals surface area contributed by atoms with Crippen LogP contribution >= 0.6 is 0 Å². The van der Waals surface area contributed by atoms with Gasteiger partial charge in [-0.05, 0) is 12.1 Å². The van der Waals surface area contributed by atoms with Gasteiger partial charge in [-0.2, -0.15) is 4.39 Å². The first-order valence-electron chi connectivity index (χ1n) is 3.09. The standard InChI is InChI=1S/C7H6FNO3/c1-12-7(11)6-4(10)2-3-5(8)9-6/h2-3,10H,1H3. The van der Waals surface area contributed by atoms with Crippen molar-refractivity contribution in [1.82, 2.24) is 4.98 Å². The molecule has 0 amide bonds. The third-order valence-corrected chi connectivity index (χ3v) is 1.22. The quantitative estimate of drug-likeness (QED) is 0.499. The number of esters is 1. The van der Waals surface area contributed by atoms with E-state index in [4.69, 9.17) is 5.11 Å². The van der Waals surface area contributed by atoms with Crippen LogP contribution in [-0.2, 0) is 4.74 Å². The molecule has 0 saturated heterocycles. The summed E-state index contributed by atoms with van der Waals surface area (Å²) in [4.78, 5) is 13.9. The normalized spacial score (nSPS) is 9.50. The number of carbonyl (C=O) groups is 1. The fraction of sp³-hybridized carbons (Fsp3) is 0.143. The van der Waals surface area contributed by atoms with Crippen molar-refractivity contribution in [3.05, 3.63) is 23.8 Å². The van der Waals surface area contributed by atoms with Crippen molar-refractivity contribution in [1.29, 1.82) is 0 Å². The topological polar surface area (TPSA) is 59.4 Å². The van der Waals surface area contributed by atoms with Crippen molar-refractivity contribution in [3.63, 3.8) is 0 Å². The fourth-order valence-electron chi connectivity index (χ4n) is 0.675. The molecule has 0 spiro atoms. The SMILES string of the molecule is COC(=O)c1nc(F)ccc1O. The first-order chi connectivity index (χ1) is 5.65. The lowest BCUT2D eigenvalue weighted by atomic mass is 10.3. The summed E-state index contributed by atoms with van der Waals surface area (Å²) < 4.78 is 16.7. The van der Waals surface area contributed by atoms with E-state index in [1.165, 1.54) is 0 Å². The number of nitrogens with zero attached hydrogens (tertiary/aromatic N) is 1. The van der Waals surface area contributed by atoms with Crippen LogP contribution < -0.4 is 0 Å². The van der Waals surface area contributed by atoms with Crippen molar-refractivity contribution in [2.75, 3.05) is 7.11 Å². The number of carbonyl (C=O) groups excluding carboxylic acids is 1. The van der Waals surface area contributed by atoms with Gasteiger partial charge in [0.05, 0.1) is 7.11 Å². The highest BCUT2D eigenvalue weighted by atomic mass is 19.1. The molecular formula is C7H6FNO3. The molecule has 0 radical (unpaired) electrons. The summed E-state index contributed by atoms with van der Waals surface area (Å²) in [6.45, 7) is 0. The van der Waals surface area contributed by atoms with Crippen LogP contribution in [0.25, 0.3) is 0 Å². The Kier molecular flexibility index (Phi) is 2.23. The van der Waals surface area contributed by atoms with Crippen LogP contribution in [-0.4, -0.2) is 23.2 Å². The van der Waals surface area contributed by atoms with E-state index >= 15 is 0 Å². The van der Waals surface area contributed by atoms with Gasteiger partial charge in [-0.3, -0.25) is 0 Å². The molecule has 0 fully saturated rings.